The Balaban J connectivity index is 2.26. The molecule has 2 rings (SSSR count). The molecule has 0 aromatic heterocycles. The minimum absolute atomic E-state index is 0.0617. The lowest BCUT2D eigenvalue weighted by atomic mass is 9.85. The highest BCUT2D eigenvalue weighted by molar-refractivity contribution is 7.89. The molecule has 24 heavy (non-hydrogen) atoms. The lowest BCUT2D eigenvalue weighted by Crippen LogP contribution is -2.44. The van der Waals surface area contributed by atoms with Gasteiger partial charge in [-0.25, -0.2) is 22.3 Å². The number of carbonyl (C=O) groups is 1. The molecule has 0 aliphatic heterocycles. The quantitative estimate of drug-likeness (QED) is 0.756. The molecule has 0 amide bonds. The first-order valence-electron chi connectivity index (χ1n) is 8.07. The van der Waals surface area contributed by atoms with Gasteiger partial charge in [0.15, 0.2) is 0 Å². The number of sulfonamides is 1. The van der Waals surface area contributed by atoms with Crippen LogP contribution in [-0.2, 0) is 14.8 Å². The van der Waals surface area contributed by atoms with Gasteiger partial charge >= 0.3 is 5.97 Å². The molecule has 0 saturated heterocycles. The Morgan fingerprint density at radius 2 is 2.04 bits per heavy atom. The zero-order chi connectivity index (χ0) is 17.7. The summed E-state index contributed by atoms with van der Waals surface area (Å²) in [6, 6.07) is 2.71. The Labute approximate surface area is 141 Å². The van der Waals surface area contributed by atoms with Crippen LogP contribution in [0.3, 0.4) is 0 Å². The molecule has 0 radical (unpaired) electrons. The van der Waals surface area contributed by atoms with Crippen molar-refractivity contribution >= 4 is 16.0 Å². The van der Waals surface area contributed by atoms with Crippen molar-refractivity contribution in [2.24, 2.45) is 11.7 Å². The molecular formula is C16H23FN2O4S. The number of carbonyl (C=O) groups excluding carboxylic acids is 1. The van der Waals surface area contributed by atoms with Crippen LogP contribution in [0, 0.1) is 11.7 Å². The van der Waals surface area contributed by atoms with E-state index in [0.29, 0.717) is 13.0 Å². The number of hydrogen-bond acceptors (Lipinski definition) is 5. The summed E-state index contributed by atoms with van der Waals surface area (Å²) in [6.45, 7) is 2.13. The largest absolute Gasteiger partial charge is 0.462 e. The second-order valence-corrected chi connectivity index (χ2v) is 7.62. The molecular weight excluding hydrogens is 335 g/mol. The third kappa shape index (κ3) is 4.52. The number of nitrogens with two attached hydrogens (primary N) is 1. The van der Waals surface area contributed by atoms with E-state index in [1.165, 1.54) is 0 Å². The maximum Gasteiger partial charge on any atom is 0.338 e. The summed E-state index contributed by atoms with van der Waals surface area (Å²) in [5.74, 6) is -1.50. The molecule has 0 bridgehead atoms. The summed E-state index contributed by atoms with van der Waals surface area (Å²) in [7, 11) is -3.95. The Hall–Kier alpha value is -1.51. The number of ether oxygens (including phenoxy) is 1. The van der Waals surface area contributed by atoms with Crippen molar-refractivity contribution in [1.29, 1.82) is 0 Å². The molecule has 1 saturated carbocycles. The number of benzene rings is 1. The van der Waals surface area contributed by atoms with E-state index in [0.717, 1.165) is 37.5 Å². The van der Waals surface area contributed by atoms with Gasteiger partial charge in [-0.05, 0) is 50.4 Å². The first-order chi connectivity index (χ1) is 11.4. The van der Waals surface area contributed by atoms with Crippen LogP contribution in [0.2, 0.25) is 0 Å². The van der Waals surface area contributed by atoms with Gasteiger partial charge < -0.3 is 10.5 Å². The SMILES string of the molecule is CCOC(=O)c1cc(F)cc(S(=O)(=O)NC2CCCCC2CN)c1. The fraction of sp³-hybridized carbons (Fsp3) is 0.562. The van der Waals surface area contributed by atoms with E-state index >= 15 is 0 Å². The van der Waals surface area contributed by atoms with Crippen LogP contribution >= 0.6 is 0 Å². The molecule has 6 nitrogen and oxygen atoms in total. The predicted octanol–water partition coefficient (Wildman–Crippen LogP) is 1.80. The number of rotatable bonds is 6. The number of halogens is 1. The van der Waals surface area contributed by atoms with E-state index in [4.69, 9.17) is 10.5 Å². The maximum absolute atomic E-state index is 13.8. The number of nitrogens with one attached hydrogen (secondary N) is 1. The molecule has 2 atom stereocenters. The van der Waals surface area contributed by atoms with Crippen LogP contribution < -0.4 is 10.5 Å². The maximum atomic E-state index is 13.8. The van der Waals surface area contributed by atoms with Crippen molar-refractivity contribution in [3.63, 3.8) is 0 Å². The van der Waals surface area contributed by atoms with Gasteiger partial charge in [0, 0.05) is 6.04 Å². The Morgan fingerprint density at radius 3 is 2.71 bits per heavy atom. The Morgan fingerprint density at radius 1 is 1.33 bits per heavy atom. The molecule has 1 aromatic rings. The van der Waals surface area contributed by atoms with E-state index in [1.807, 2.05) is 0 Å². The van der Waals surface area contributed by atoms with Gasteiger partial charge in [-0.1, -0.05) is 12.8 Å². The molecule has 3 N–H and O–H groups in total. The van der Waals surface area contributed by atoms with Gasteiger partial charge in [-0.3, -0.25) is 0 Å². The molecule has 1 aliphatic carbocycles. The standard InChI is InChI=1S/C16H23FN2O4S/c1-2-23-16(20)12-7-13(17)9-14(8-12)24(21,22)19-15-6-4-3-5-11(15)10-18/h7-9,11,15,19H,2-6,10,18H2,1H3. The first kappa shape index (κ1) is 18.8. The van der Waals surface area contributed by atoms with Crippen molar-refractivity contribution in [2.75, 3.05) is 13.2 Å². The van der Waals surface area contributed by atoms with Gasteiger partial charge in [0.2, 0.25) is 10.0 Å². The molecule has 1 aliphatic rings. The summed E-state index contributed by atoms with van der Waals surface area (Å²) in [5.41, 5.74) is 5.59. The van der Waals surface area contributed by atoms with Gasteiger partial charge in [0.05, 0.1) is 17.1 Å². The third-order valence-corrected chi connectivity index (χ3v) is 5.68. The van der Waals surface area contributed by atoms with Crippen molar-refractivity contribution in [3.05, 3.63) is 29.6 Å². The van der Waals surface area contributed by atoms with Crippen LogP contribution in [0.4, 0.5) is 4.39 Å². The molecule has 0 heterocycles. The fourth-order valence-corrected chi connectivity index (χ4v) is 4.36. The van der Waals surface area contributed by atoms with Crippen LogP contribution in [0.25, 0.3) is 0 Å². The minimum atomic E-state index is -3.95. The van der Waals surface area contributed by atoms with Gasteiger partial charge in [0.1, 0.15) is 5.82 Å². The summed E-state index contributed by atoms with van der Waals surface area (Å²) in [4.78, 5) is 11.5. The number of esters is 1. The summed E-state index contributed by atoms with van der Waals surface area (Å²) < 4.78 is 46.3. The number of hydrogen-bond donors (Lipinski definition) is 2. The van der Waals surface area contributed by atoms with Gasteiger partial charge in [0.25, 0.3) is 0 Å². The van der Waals surface area contributed by atoms with E-state index in [1.54, 1.807) is 6.92 Å². The van der Waals surface area contributed by atoms with Crippen LogP contribution in [0.15, 0.2) is 23.1 Å². The van der Waals surface area contributed by atoms with Crippen LogP contribution in [-0.4, -0.2) is 33.6 Å². The second kappa shape index (κ2) is 8.04. The highest BCUT2D eigenvalue weighted by Gasteiger charge is 2.29. The normalized spacial score (nSPS) is 21.5. The highest BCUT2D eigenvalue weighted by atomic mass is 32.2. The van der Waals surface area contributed by atoms with Gasteiger partial charge in [-0.2, -0.15) is 0 Å². The monoisotopic (exact) mass is 358 g/mol. The molecule has 0 spiro atoms. The van der Waals surface area contributed by atoms with Crippen molar-refractivity contribution < 1.29 is 22.3 Å². The third-order valence-electron chi connectivity index (χ3n) is 4.21. The van der Waals surface area contributed by atoms with E-state index in [-0.39, 0.29) is 29.0 Å². The summed E-state index contributed by atoms with van der Waals surface area (Å²) in [6.07, 6.45) is 3.50. The zero-order valence-electron chi connectivity index (χ0n) is 13.6. The average molecular weight is 358 g/mol. The minimum Gasteiger partial charge on any atom is -0.462 e. The van der Waals surface area contributed by atoms with Crippen LogP contribution in [0.1, 0.15) is 43.0 Å². The van der Waals surface area contributed by atoms with E-state index < -0.39 is 21.8 Å². The lowest BCUT2D eigenvalue weighted by Gasteiger charge is -2.31. The lowest BCUT2D eigenvalue weighted by molar-refractivity contribution is 0.0525. The predicted molar refractivity (Wildman–Crippen MR) is 87.5 cm³/mol. The molecule has 8 heteroatoms. The van der Waals surface area contributed by atoms with Gasteiger partial charge in [-0.15, -0.1) is 0 Å². The first-order valence-corrected chi connectivity index (χ1v) is 9.55. The highest BCUT2D eigenvalue weighted by Crippen LogP contribution is 2.25. The topological polar surface area (TPSA) is 98.5 Å². The van der Waals surface area contributed by atoms with E-state index in [2.05, 4.69) is 4.72 Å². The zero-order valence-corrected chi connectivity index (χ0v) is 14.4. The molecule has 1 fully saturated rings. The summed E-state index contributed by atoms with van der Waals surface area (Å²) in [5, 5.41) is 0. The second-order valence-electron chi connectivity index (χ2n) is 5.90. The average Bonchev–Trinajstić information content (AvgIpc) is 2.54. The Kier molecular flexibility index (Phi) is 6.31. The fourth-order valence-electron chi connectivity index (χ4n) is 2.96. The summed E-state index contributed by atoms with van der Waals surface area (Å²) >= 11 is 0. The van der Waals surface area contributed by atoms with E-state index in [9.17, 15) is 17.6 Å². The van der Waals surface area contributed by atoms with Crippen molar-refractivity contribution in [1.82, 2.24) is 4.72 Å². The Bertz CT molecular complexity index is 693. The molecule has 2 unspecified atom stereocenters. The smallest absolute Gasteiger partial charge is 0.338 e. The van der Waals surface area contributed by atoms with Crippen LogP contribution in [0.5, 0.6) is 0 Å². The van der Waals surface area contributed by atoms with Crippen molar-refractivity contribution in [2.45, 2.75) is 43.5 Å². The molecule has 1 aromatic carbocycles. The molecule has 134 valence electrons. The van der Waals surface area contributed by atoms with Crippen molar-refractivity contribution in [3.8, 4) is 0 Å².